The van der Waals surface area contributed by atoms with Crippen molar-refractivity contribution < 1.29 is 14.3 Å². The third-order valence-electron chi connectivity index (χ3n) is 4.65. The zero-order valence-corrected chi connectivity index (χ0v) is 13.6. The Morgan fingerprint density at radius 1 is 1.38 bits per heavy atom. The minimum Gasteiger partial charge on any atom is -0.492 e. The summed E-state index contributed by atoms with van der Waals surface area (Å²) in [6.45, 7) is 4.81. The molecular formula is C17H20N4O3. The fourth-order valence-electron chi connectivity index (χ4n) is 3.35. The molecule has 0 saturated carbocycles. The van der Waals surface area contributed by atoms with Crippen molar-refractivity contribution in [2.24, 2.45) is 0 Å². The van der Waals surface area contributed by atoms with Crippen molar-refractivity contribution in [2.45, 2.75) is 25.5 Å². The Labute approximate surface area is 140 Å². The molecule has 24 heavy (non-hydrogen) atoms. The first-order chi connectivity index (χ1) is 11.8. The summed E-state index contributed by atoms with van der Waals surface area (Å²) < 4.78 is 13.4. The Morgan fingerprint density at radius 3 is 3.12 bits per heavy atom. The van der Waals surface area contributed by atoms with Crippen molar-refractivity contribution in [1.82, 2.24) is 19.7 Å². The Morgan fingerprint density at radius 2 is 2.25 bits per heavy atom. The molecule has 0 bridgehead atoms. The van der Waals surface area contributed by atoms with Crippen LogP contribution in [0.3, 0.4) is 0 Å². The van der Waals surface area contributed by atoms with Gasteiger partial charge in [-0.1, -0.05) is 18.2 Å². The van der Waals surface area contributed by atoms with Gasteiger partial charge in [-0.05, 0) is 13.0 Å². The second-order valence-electron chi connectivity index (χ2n) is 6.02. The second kappa shape index (κ2) is 6.24. The highest BCUT2D eigenvalue weighted by Gasteiger charge is 2.36. The molecule has 0 spiro atoms. The summed E-state index contributed by atoms with van der Waals surface area (Å²) >= 11 is 0. The number of rotatable bonds is 3. The van der Waals surface area contributed by atoms with Crippen LogP contribution < -0.4 is 4.74 Å². The lowest BCUT2D eigenvalue weighted by Gasteiger charge is -2.33. The van der Waals surface area contributed by atoms with Gasteiger partial charge in [-0.25, -0.2) is 0 Å². The largest absolute Gasteiger partial charge is 0.492 e. The Hall–Kier alpha value is -2.41. The zero-order valence-electron chi connectivity index (χ0n) is 13.6. The molecule has 7 nitrogen and oxygen atoms in total. The second-order valence-corrected chi connectivity index (χ2v) is 6.02. The summed E-state index contributed by atoms with van der Waals surface area (Å²) in [6.07, 6.45) is 1.46. The van der Waals surface area contributed by atoms with Crippen LogP contribution in [-0.4, -0.2) is 51.9 Å². The lowest BCUT2D eigenvalue weighted by Crippen LogP contribution is -2.45. The van der Waals surface area contributed by atoms with Gasteiger partial charge >= 0.3 is 0 Å². The minimum absolute atomic E-state index is 0.0933. The lowest BCUT2D eigenvalue weighted by molar-refractivity contribution is -0.141. The van der Waals surface area contributed by atoms with Crippen LogP contribution in [0.5, 0.6) is 5.75 Å². The van der Waals surface area contributed by atoms with Crippen LogP contribution in [0.15, 0.2) is 30.6 Å². The molecule has 0 N–H and O–H groups in total. The molecule has 1 aromatic carbocycles. The van der Waals surface area contributed by atoms with Crippen LogP contribution in [-0.2, 0) is 16.1 Å². The summed E-state index contributed by atoms with van der Waals surface area (Å²) in [5.74, 6) is 1.45. The van der Waals surface area contributed by atoms with Gasteiger partial charge in [-0.2, -0.15) is 0 Å². The van der Waals surface area contributed by atoms with Gasteiger partial charge in [-0.3, -0.25) is 4.79 Å². The van der Waals surface area contributed by atoms with Crippen molar-refractivity contribution in [3.63, 3.8) is 0 Å². The lowest BCUT2D eigenvalue weighted by atomic mass is 9.99. The van der Waals surface area contributed by atoms with Crippen molar-refractivity contribution in [1.29, 1.82) is 0 Å². The molecule has 3 heterocycles. The number of carbonyl (C=O) groups excluding carboxylic acids is 1. The summed E-state index contributed by atoms with van der Waals surface area (Å²) in [5, 5.41) is 8.12. The van der Waals surface area contributed by atoms with Crippen LogP contribution in [0.25, 0.3) is 0 Å². The van der Waals surface area contributed by atoms with Gasteiger partial charge in [0.05, 0.1) is 13.2 Å². The molecule has 1 fully saturated rings. The Kier molecular flexibility index (Phi) is 3.93. The molecule has 0 unspecified atom stereocenters. The molecule has 2 aliphatic rings. The molecule has 126 valence electrons. The van der Waals surface area contributed by atoms with Crippen molar-refractivity contribution in [3.05, 3.63) is 42.0 Å². The number of hydrogen-bond donors (Lipinski definition) is 0. The zero-order chi connectivity index (χ0) is 16.5. The van der Waals surface area contributed by atoms with E-state index >= 15 is 0 Å². The molecule has 4 rings (SSSR count). The molecule has 0 aliphatic carbocycles. The number of carbonyl (C=O) groups is 1. The number of aryl methyl sites for hydroxylation is 1. The van der Waals surface area contributed by atoms with Crippen molar-refractivity contribution in [2.75, 3.05) is 26.3 Å². The van der Waals surface area contributed by atoms with Crippen molar-refractivity contribution >= 4 is 5.91 Å². The maximum absolute atomic E-state index is 13.0. The van der Waals surface area contributed by atoms with E-state index < -0.39 is 0 Å². The smallest absolute Gasteiger partial charge is 0.233 e. The number of morpholine rings is 1. The van der Waals surface area contributed by atoms with E-state index in [2.05, 4.69) is 10.2 Å². The summed E-state index contributed by atoms with van der Waals surface area (Å²) in [4.78, 5) is 14.8. The first-order valence-corrected chi connectivity index (χ1v) is 8.27. The van der Waals surface area contributed by atoms with Crippen molar-refractivity contribution in [3.8, 4) is 5.75 Å². The van der Waals surface area contributed by atoms with Gasteiger partial charge in [-0.15, -0.1) is 10.2 Å². The number of hydrogen-bond acceptors (Lipinski definition) is 5. The van der Waals surface area contributed by atoms with E-state index in [0.717, 1.165) is 23.7 Å². The van der Waals surface area contributed by atoms with E-state index in [9.17, 15) is 4.79 Å². The summed E-state index contributed by atoms with van der Waals surface area (Å²) in [5.41, 5.74) is 0.974. The molecule has 2 aromatic rings. The van der Waals surface area contributed by atoms with Crippen LogP contribution in [0.4, 0.5) is 0 Å². The van der Waals surface area contributed by atoms with Gasteiger partial charge in [0, 0.05) is 18.7 Å². The van der Waals surface area contributed by atoms with E-state index in [1.165, 1.54) is 0 Å². The number of ether oxygens (including phenoxy) is 2. The Balaban J connectivity index is 1.51. The third kappa shape index (κ3) is 2.54. The normalized spacial score (nSPS) is 23.0. The SMILES string of the molecule is CCn1cnnc1[C@H]1CN(C(=O)[C@H]2COc3ccccc32)CCO1. The first kappa shape index (κ1) is 15.1. The van der Waals surface area contributed by atoms with Gasteiger partial charge in [0.25, 0.3) is 0 Å². The van der Waals surface area contributed by atoms with E-state index in [1.807, 2.05) is 40.7 Å². The van der Waals surface area contributed by atoms with Gasteiger partial charge in [0.15, 0.2) is 5.82 Å². The van der Waals surface area contributed by atoms with Crippen LogP contribution in [0, 0.1) is 0 Å². The number of amides is 1. The number of aromatic nitrogens is 3. The summed E-state index contributed by atoms with van der Waals surface area (Å²) in [6, 6.07) is 7.75. The van der Waals surface area contributed by atoms with E-state index in [-0.39, 0.29) is 17.9 Å². The van der Waals surface area contributed by atoms with Crippen LogP contribution >= 0.6 is 0 Å². The highest BCUT2D eigenvalue weighted by atomic mass is 16.5. The molecule has 1 saturated heterocycles. The van der Waals surface area contributed by atoms with E-state index in [1.54, 1.807) is 6.33 Å². The maximum atomic E-state index is 13.0. The highest BCUT2D eigenvalue weighted by molar-refractivity contribution is 5.85. The van der Waals surface area contributed by atoms with Crippen LogP contribution in [0.2, 0.25) is 0 Å². The monoisotopic (exact) mass is 328 g/mol. The molecule has 0 radical (unpaired) electrons. The molecule has 2 aliphatic heterocycles. The number of benzene rings is 1. The topological polar surface area (TPSA) is 69.5 Å². The Bertz CT molecular complexity index is 745. The predicted octanol–water partition coefficient (Wildman–Crippen LogP) is 1.37. The molecule has 1 amide bonds. The molecule has 1 aromatic heterocycles. The molecule has 7 heteroatoms. The highest BCUT2D eigenvalue weighted by Crippen LogP contribution is 2.35. The summed E-state index contributed by atoms with van der Waals surface area (Å²) in [7, 11) is 0. The third-order valence-corrected chi connectivity index (χ3v) is 4.65. The fourth-order valence-corrected chi connectivity index (χ4v) is 3.35. The van der Waals surface area contributed by atoms with Crippen LogP contribution in [0.1, 0.15) is 30.3 Å². The number of nitrogens with zero attached hydrogens (tertiary/aromatic N) is 4. The first-order valence-electron chi connectivity index (χ1n) is 8.27. The molecule has 2 atom stereocenters. The number of para-hydroxylation sites is 1. The molecular weight excluding hydrogens is 308 g/mol. The average Bonchev–Trinajstić information content (AvgIpc) is 3.28. The maximum Gasteiger partial charge on any atom is 0.233 e. The number of fused-ring (bicyclic) bond motifs is 1. The average molecular weight is 328 g/mol. The van der Waals surface area contributed by atoms with Gasteiger partial charge in [0.1, 0.15) is 30.7 Å². The minimum atomic E-state index is -0.234. The predicted molar refractivity (Wildman–Crippen MR) is 85.6 cm³/mol. The fraction of sp³-hybridized carbons (Fsp3) is 0.471. The van der Waals surface area contributed by atoms with E-state index in [0.29, 0.717) is 26.3 Å². The van der Waals surface area contributed by atoms with Gasteiger partial charge in [0.2, 0.25) is 5.91 Å². The van der Waals surface area contributed by atoms with E-state index in [4.69, 9.17) is 9.47 Å². The standard InChI is InChI=1S/C17H20N4O3/c1-2-20-11-18-19-16(20)15-9-21(7-8-23-15)17(22)13-10-24-14-6-4-3-5-12(13)14/h3-6,11,13,15H,2,7-10H2,1H3/t13-,15+/m0/s1. The quantitative estimate of drug-likeness (QED) is 0.851. The van der Waals surface area contributed by atoms with Gasteiger partial charge < -0.3 is 18.9 Å².